The summed E-state index contributed by atoms with van der Waals surface area (Å²) < 4.78 is 5.79. The van der Waals surface area contributed by atoms with Crippen LogP contribution in [0.2, 0.25) is 0 Å². The Bertz CT molecular complexity index is 2530. The van der Waals surface area contributed by atoms with E-state index in [1.54, 1.807) is 11.1 Å². The Morgan fingerprint density at radius 2 is 0.667 bits per heavy atom. The number of hydrogen-bond acceptors (Lipinski definition) is 2. The van der Waals surface area contributed by atoms with Gasteiger partial charge in [-0.1, -0.05) is 170 Å². The van der Waals surface area contributed by atoms with Crippen molar-refractivity contribution in [2.24, 2.45) is 0 Å². The molecule has 282 valence electrons. The summed E-state index contributed by atoms with van der Waals surface area (Å²) in [5, 5.41) is 2.77. The summed E-state index contributed by atoms with van der Waals surface area (Å²) in [5.41, 5.74) is 16.3. The maximum absolute atomic E-state index is 12.7. The molecular formula is C55H50O2. The highest BCUT2D eigenvalue weighted by molar-refractivity contribution is 6.08. The average molecular weight is 743 g/mol. The second kappa shape index (κ2) is 17.7. The highest BCUT2D eigenvalue weighted by Gasteiger charge is 2.25. The molecule has 1 heterocycles. The van der Waals surface area contributed by atoms with Gasteiger partial charge in [-0.05, 0) is 137 Å². The first-order valence-corrected chi connectivity index (χ1v) is 20.6. The van der Waals surface area contributed by atoms with Gasteiger partial charge in [0, 0.05) is 5.56 Å². The molecule has 0 atom stereocenters. The molecule has 2 nitrogen and oxygen atoms in total. The van der Waals surface area contributed by atoms with E-state index in [9.17, 15) is 4.79 Å². The van der Waals surface area contributed by atoms with Crippen LogP contribution in [0.5, 0.6) is 0 Å². The average Bonchev–Trinajstić information content (AvgIpc) is 3.28. The molecule has 1 aromatic heterocycles. The van der Waals surface area contributed by atoms with Gasteiger partial charge in [-0.25, -0.2) is 4.79 Å². The summed E-state index contributed by atoms with van der Waals surface area (Å²) in [6.45, 7) is 4.24. The molecule has 8 aromatic rings. The smallest absolute Gasteiger partial charge is 0.344 e. The third-order valence-electron chi connectivity index (χ3n) is 11.6. The Kier molecular flexibility index (Phi) is 11.7. The molecule has 2 aliphatic carbocycles. The molecule has 2 aliphatic rings. The molecule has 0 N–H and O–H groups in total. The molecule has 0 fully saturated rings. The third kappa shape index (κ3) is 8.18. The van der Waals surface area contributed by atoms with E-state index in [4.69, 9.17) is 4.42 Å². The largest absolute Gasteiger partial charge is 0.422 e. The van der Waals surface area contributed by atoms with Gasteiger partial charge in [0.1, 0.15) is 5.76 Å². The standard InChI is InChI=1S/C26H22.C21H18O2.C8H10/c1-3-11-19(12-4-1)25-21-15-7-9-17-23(21)26(20-13-5-2-6-14-20)24-18-10-8-16-22(24)25;22-21-19(15-9-3-1-4-10-15)17-13-7-8-14-18(17)20(23-21)16-11-5-2-6-12-16;1-7-5-3-4-6-8(7)2/h1-7,9,11-15,17H,8,10,16,18H2;1-6,9-12H,7-8,13-14H2;3-6H,1-2H3. The molecule has 0 bridgehead atoms. The van der Waals surface area contributed by atoms with Crippen LogP contribution in [0.4, 0.5) is 0 Å². The van der Waals surface area contributed by atoms with Crippen LogP contribution in [-0.2, 0) is 25.7 Å². The maximum Gasteiger partial charge on any atom is 0.344 e. The van der Waals surface area contributed by atoms with Crippen LogP contribution in [-0.4, -0.2) is 0 Å². The molecule has 0 saturated carbocycles. The van der Waals surface area contributed by atoms with Crippen LogP contribution >= 0.6 is 0 Å². The number of hydrogen-bond donors (Lipinski definition) is 0. The Balaban J connectivity index is 0.000000135. The zero-order chi connectivity index (χ0) is 39.0. The van der Waals surface area contributed by atoms with Gasteiger partial charge in [-0.15, -0.1) is 0 Å². The SMILES string of the molecule is Cc1ccccc1C.O=c1oc(-c2ccccc2)c2c(c1-c1ccccc1)CCCC2.c1ccc(-c2c3c(c(-c4ccccc4)c4ccccc24)CCCC3)cc1. The Labute approximate surface area is 337 Å². The zero-order valence-electron chi connectivity index (χ0n) is 33.1. The number of fused-ring (bicyclic) bond motifs is 3. The van der Waals surface area contributed by atoms with Gasteiger partial charge in [0.15, 0.2) is 0 Å². The molecule has 0 radical (unpaired) electrons. The van der Waals surface area contributed by atoms with Crippen molar-refractivity contribution in [1.29, 1.82) is 0 Å². The van der Waals surface area contributed by atoms with E-state index in [1.165, 1.54) is 81.0 Å². The van der Waals surface area contributed by atoms with Gasteiger partial charge in [-0.2, -0.15) is 0 Å². The number of aryl methyl sites for hydroxylation is 2. The Morgan fingerprint density at radius 1 is 0.351 bits per heavy atom. The zero-order valence-corrected chi connectivity index (χ0v) is 33.1. The molecule has 57 heavy (non-hydrogen) atoms. The lowest BCUT2D eigenvalue weighted by molar-refractivity contribution is 0.510. The lowest BCUT2D eigenvalue weighted by atomic mass is 9.78. The summed E-state index contributed by atoms with van der Waals surface area (Å²) in [6, 6.07) is 59.1. The molecule has 0 saturated heterocycles. The summed E-state index contributed by atoms with van der Waals surface area (Å²) >= 11 is 0. The van der Waals surface area contributed by atoms with Crippen molar-refractivity contribution in [2.75, 3.05) is 0 Å². The first-order chi connectivity index (χ1) is 28.1. The van der Waals surface area contributed by atoms with Crippen LogP contribution in [0.1, 0.15) is 59.1 Å². The van der Waals surface area contributed by atoms with E-state index in [0.717, 1.165) is 48.1 Å². The minimum Gasteiger partial charge on any atom is -0.422 e. The molecule has 0 spiro atoms. The van der Waals surface area contributed by atoms with Crippen LogP contribution < -0.4 is 5.63 Å². The van der Waals surface area contributed by atoms with Gasteiger partial charge in [0.25, 0.3) is 0 Å². The monoisotopic (exact) mass is 742 g/mol. The van der Waals surface area contributed by atoms with Crippen molar-refractivity contribution >= 4 is 10.8 Å². The fraction of sp³-hybridized carbons (Fsp3) is 0.182. The minimum atomic E-state index is -0.226. The van der Waals surface area contributed by atoms with Crippen LogP contribution in [0.25, 0.3) is 55.5 Å². The van der Waals surface area contributed by atoms with Gasteiger partial charge in [-0.3, -0.25) is 0 Å². The van der Waals surface area contributed by atoms with Crippen LogP contribution in [0, 0.1) is 13.8 Å². The van der Waals surface area contributed by atoms with E-state index in [1.807, 2.05) is 60.7 Å². The Morgan fingerprint density at radius 3 is 1.07 bits per heavy atom. The lowest BCUT2D eigenvalue weighted by Gasteiger charge is -2.26. The van der Waals surface area contributed by atoms with Crippen LogP contribution in [0.3, 0.4) is 0 Å². The normalized spacial score (nSPS) is 12.9. The van der Waals surface area contributed by atoms with Crippen molar-refractivity contribution in [3.63, 3.8) is 0 Å². The van der Waals surface area contributed by atoms with E-state index in [2.05, 4.69) is 123 Å². The summed E-state index contributed by atoms with van der Waals surface area (Å²) in [6.07, 6.45) is 9.15. The topological polar surface area (TPSA) is 30.2 Å². The molecular weight excluding hydrogens is 693 g/mol. The fourth-order valence-corrected chi connectivity index (χ4v) is 8.71. The second-order valence-electron chi connectivity index (χ2n) is 15.3. The predicted molar refractivity (Wildman–Crippen MR) is 240 cm³/mol. The van der Waals surface area contributed by atoms with E-state index in [-0.39, 0.29) is 5.63 Å². The van der Waals surface area contributed by atoms with Crippen molar-refractivity contribution < 1.29 is 4.42 Å². The fourth-order valence-electron chi connectivity index (χ4n) is 8.71. The third-order valence-corrected chi connectivity index (χ3v) is 11.6. The molecule has 0 unspecified atom stereocenters. The van der Waals surface area contributed by atoms with E-state index < -0.39 is 0 Å². The quantitative estimate of drug-likeness (QED) is 0.180. The molecule has 7 aromatic carbocycles. The highest BCUT2D eigenvalue weighted by atomic mass is 16.4. The molecule has 0 amide bonds. The summed E-state index contributed by atoms with van der Waals surface area (Å²) in [7, 11) is 0. The minimum absolute atomic E-state index is 0.226. The van der Waals surface area contributed by atoms with Gasteiger partial charge < -0.3 is 4.42 Å². The van der Waals surface area contributed by atoms with E-state index >= 15 is 0 Å². The summed E-state index contributed by atoms with van der Waals surface area (Å²) in [4.78, 5) is 12.7. The molecule has 0 aliphatic heterocycles. The van der Waals surface area contributed by atoms with Gasteiger partial charge in [0.05, 0.1) is 5.56 Å². The van der Waals surface area contributed by atoms with E-state index in [0.29, 0.717) is 0 Å². The highest BCUT2D eigenvalue weighted by Crippen LogP contribution is 2.44. The first kappa shape index (κ1) is 37.7. The van der Waals surface area contributed by atoms with Crippen molar-refractivity contribution in [1.82, 2.24) is 0 Å². The summed E-state index contributed by atoms with van der Waals surface area (Å²) in [5.74, 6) is 0.755. The van der Waals surface area contributed by atoms with Gasteiger partial charge in [0.2, 0.25) is 0 Å². The first-order valence-electron chi connectivity index (χ1n) is 20.6. The molecule has 10 rings (SSSR count). The Hall–Kier alpha value is -6.25. The maximum atomic E-state index is 12.7. The van der Waals surface area contributed by atoms with Crippen molar-refractivity contribution in [3.8, 4) is 44.7 Å². The lowest BCUT2D eigenvalue weighted by Crippen LogP contribution is -2.15. The van der Waals surface area contributed by atoms with Crippen molar-refractivity contribution in [2.45, 2.75) is 65.2 Å². The van der Waals surface area contributed by atoms with Crippen LogP contribution in [0.15, 0.2) is 179 Å². The predicted octanol–water partition coefficient (Wildman–Crippen LogP) is 14.2. The molecule has 2 heteroatoms. The second-order valence-corrected chi connectivity index (χ2v) is 15.3. The van der Waals surface area contributed by atoms with Gasteiger partial charge >= 0.3 is 5.63 Å². The number of rotatable bonds is 4. The van der Waals surface area contributed by atoms with Crippen molar-refractivity contribution in [3.05, 3.63) is 214 Å². The number of benzene rings is 7.